The largest absolute Gasteiger partial charge is 0.378 e. The fourth-order valence-corrected chi connectivity index (χ4v) is 3.04. The lowest BCUT2D eigenvalue weighted by molar-refractivity contribution is -0.384. The van der Waals surface area contributed by atoms with Crippen molar-refractivity contribution < 1.29 is 4.92 Å². The SMILES string of the molecule is O=[N+]([O-])c1cc(Cl)c2c3c1NCCNC3CC2. The van der Waals surface area contributed by atoms with Gasteiger partial charge in [0.15, 0.2) is 0 Å². The number of nitrogens with zero attached hydrogens (tertiary/aromatic N) is 1. The van der Waals surface area contributed by atoms with Crippen LogP contribution in [0.4, 0.5) is 11.4 Å². The first-order valence-corrected chi connectivity index (χ1v) is 6.03. The second-order valence-electron chi connectivity index (χ2n) is 4.37. The first-order valence-electron chi connectivity index (χ1n) is 5.65. The van der Waals surface area contributed by atoms with Crippen molar-refractivity contribution in [2.75, 3.05) is 18.4 Å². The molecule has 17 heavy (non-hydrogen) atoms. The van der Waals surface area contributed by atoms with Crippen molar-refractivity contribution >= 4 is 23.0 Å². The van der Waals surface area contributed by atoms with Gasteiger partial charge in [0.1, 0.15) is 5.69 Å². The molecular weight excluding hydrogens is 242 g/mol. The van der Waals surface area contributed by atoms with Crippen LogP contribution in [0.25, 0.3) is 0 Å². The molecule has 0 radical (unpaired) electrons. The van der Waals surface area contributed by atoms with Gasteiger partial charge in [0.05, 0.1) is 9.95 Å². The Bertz CT molecular complexity index is 504. The molecule has 1 aromatic rings. The second kappa shape index (κ2) is 3.85. The summed E-state index contributed by atoms with van der Waals surface area (Å²) in [7, 11) is 0. The average Bonchev–Trinajstić information content (AvgIpc) is 2.60. The Morgan fingerprint density at radius 3 is 3.06 bits per heavy atom. The van der Waals surface area contributed by atoms with E-state index in [0.717, 1.165) is 30.5 Å². The Hall–Kier alpha value is -1.33. The summed E-state index contributed by atoms with van der Waals surface area (Å²) >= 11 is 6.13. The van der Waals surface area contributed by atoms with Gasteiger partial charge in [-0.2, -0.15) is 0 Å². The van der Waals surface area contributed by atoms with Crippen LogP contribution in [0.15, 0.2) is 6.07 Å². The Balaban J connectivity index is 2.27. The maximum Gasteiger partial charge on any atom is 0.294 e. The van der Waals surface area contributed by atoms with Crippen LogP contribution in [-0.4, -0.2) is 18.0 Å². The molecule has 3 rings (SSSR count). The molecule has 2 aliphatic rings. The number of nitro benzene ring substituents is 1. The van der Waals surface area contributed by atoms with Gasteiger partial charge in [0.25, 0.3) is 5.69 Å². The summed E-state index contributed by atoms with van der Waals surface area (Å²) in [4.78, 5) is 10.7. The Morgan fingerprint density at radius 2 is 2.29 bits per heavy atom. The number of hydrogen-bond donors (Lipinski definition) is 2. The molecule has 0 saturated carbocycles. The van der Waals surface area contributed by atoms with E-state index in [0.29, 0.717) is 17.3 Å². The Kier molecular flexibility index (Phi) is 2.45. The van der Waals surface area contributed by atoms with E-state index in [4.69, 9.17) is 11.6 Å². The quantitative estimate of drug-likeness (QED) is 0.595. The number of nitrogens with one attached hydrogen (secondary N) is 2. The van der Waals surface area contributed by atoms with Crippen molar-refractivity contribution in [3.8, 4) is 0 Å². The van der Waals surface area contributed by atoms with E-state index in [2.05, 4.69) is 10.6 Å². The van der Waals surface area contributed by atoms with Crippen LogP contribution >= 0.6 is 11.6 Å². The highest BCUT2D eigenvalue weighted by atomic mass is 35.5. The van der Waals surface area contributed by atoms with Gasteiger partial charge in [-0.3, -0.25) is 10.1 Å². The van der Waals surface area contributed by atoms with Gasteiger partial charge in [-0.05, 0) is 18.4 Å². The number of benzene rings is 1. The number of hydrogen-bond acceptors (Lipinski definition) is 4. The minimum absolute atomic E-state index is 0.0874. The molecule has 1 aliphatic heterocycles. The summed E-state index contributed by atoms with van der Waals surface area (Å²) in [5, 5.41) is 18.1. The van der Waals surface area contributed by atoms with E-state index in [1.165, 1.54) is 6.07 Å². The molecule has 0 bridgehead atoms. The molecule has 1 aliphatic carbocycles. The van der Waals surface area contributed by atoms with E-state index >= 15 is 0 Å². The molecule has 0 aromatic heterocycles. The highest BCUT2D eigenvalue weighted by Crippen LogP contribution is 2.45. The highest BCUT2D eigenvalue weighted by Gasteiger charge is 2.33. The third-order valence-corrected chi connectivity index (χ3v) is 3.79. The highest BCUT2D eigenvalue weighted by molar-refractivity contribution is 6.32. The van der Waals surface area contributed by atoms with Crippen LogP contribution in [0.5, 0.6) is 0 Å². The number of anilines is 1. The van der Waals surface area contributed by atoms with Crippen molar-refractivity contribution in [2.45, 2.75) is 18.9 Å². The van der Waals surface area contributed by atoms with Gasteiger partial charge in [-0.1, -0.05) is 11.6 Å². The number of halogens is 1. The smallest absolute Gasteiger partial charge is 0.294 e. The summed E-state index contributed by atoms with van der Waals surface area (Å²) in [6.07, 6.45) is 1.85. The van der Waals surface area contributed by atoms with Crippen LogP contribution in [0.3, 0.4) is 0 Å². The molecule has 90 valence electrons. The summed E-state index contributed by atoms with van der Waals surface area (Å²) in [6.45, 7) is 1.51. The zero-order valence-electron chi connectivity index (χ0n) is 9.12. The zero-order valence-corrected chi connectivity index (χ0v) is 9.88. The van der Waals surface area contributed by atoms with Crippen molar-refractivity contribution in [3.63, 3.8) is 0 Å². The number of rotatable bonds is 1. The van der Waals surface area contributed by atoms with Gasteiger partial charge in [0.2, 0.25) is 0 Å². The monoisotopic (exact) mass is 253 g/mol. The molecule has 0 saturated heterocycles. The normalized spacial score (nSPS) is 21.6. The minimum Gasteiger partial charge on any atom is -0.378 e. The van der Waals surface area contributed by atoms with Crippen LogP contribution in [-0.2, 0) is 6.42 Å². The first kappa shape index (κ1) is 10.8. The molecule has 0 amide bonds. The first-order chi connectivity index (χ1) is 8.18. The van der Waals surface area contributed by atoms with Crippen molar-refractivity contribution in [1.82, 2.24) is 5.32 Å². The van der Waals surface area contributed by atoms with Crippen molar-refractivity contribution in [2.24, 2.45) is 0 Å². The Morgan fingerprint density at radius 1 is 1.47 bits per heavy atom. The fourth-order valence-electron chi connectivity index (χ4n) is 2.74. The lowest BCUT2D eigenvalue weighted by Gasteiger charge is -2.13. The van der Waals surface area contributed by atoms with E-state index in [9.17, 15) is 10.1 Å². The molecule has 0 fully saturated rings. The molecule has 1 atom stereocenters. The Labute approximate surface area is 103 Å². The molecule has 2 N–H and O–H groups in total. The van der Waals surface area contributed by atoms with Crippen LogP contribution < -0.4 is 10.6 Å². The predicted molar refractivity (Wildman–Crippen MR) is 65.7 cm³/mol. The molecule has 1 unspecified atom stereocenters. The summed E-state index contributed by atoms with van der Waals surface area (Å²) < 4.78 is 0. The second-order valence-corrected chi connectivity index (χ2v) is 4.78. The lowest BCUT2D eigenvalue weighted by atomic mass is 10.0. The van der Waals surface area contributed by atoms with Gasteiger partial charge < -0.3 is 10.6 Å². The number of nitro groups is 1. The molecule has 0 spiro atoms. The topological polar surface area (TPSA) is 67.2 Å². The van der Waals surface area contributed by atoms with Crippen LogP contribution in [0, 0.1) is 10.1 Å². The fraction of sp³-hybridized carbons (Fsp3) is 0.455. The molecule has 5 nitrogen and oxygen atoms in total. The van der Waals surface area contributed by atoms with E-state index < -0.39 is 0 Å². The third-order valence-electron chi connectivity index (χ3n) is 3.45. The van der Waals surface area contributed by atoms with Crippen LogP contribution in [0.2, 0.25) is 5.02 Å². The summed E-state index contributed by atoms with van der Waals surface area (Å²) in [6, 6.07) is 1.67. The van der Waals surface area contributed by atoms with E-state index in [1.54, 1.807) is 0 Å². The van der Waals surface area contributed by atoms with Crippen molar-refractivity contribution in [3.05, 3.63) is 32.3 Å². The summed E-state index contributed by atoms with van der Waals surface area (Å²) in [5.74, 6) is 0. The third kappa shape index (κ3) is 1.57. The standard InChI is InChI=1S/C11H12ClN3O2/c12-7-5-9(15(16)17)11-10-6(7)1-2-8(10)13-3-4-14-11/h5,8,13-14H,1-4H2. The zero-order chi connectivity index (χ0) is 12.0. The summed E-state index contributed by atoms with van der Waals surface area (Å²) in [5.41, 5.74) is 2.80. The predicted octanol–water partition coefficient (Wildman–Crippen LogP) is 2.25. The van der Waals surface area contributed by atoms with Gasteiger partial charge >= 0.3 is 0 Å². The molecular formula is C11H12ClN3O2. The molecule has 6 heteroatoms. The van der Waals surface area contributed by atoms with Gasteiger partial charge in [-0.15, -0.1) is 0 Å². The van der Waals surface area contributed by atoms with E-state index in [-0.39, 0.29) is 16.7 Å². The lowest BCUT2D eigenvalue weighted by Crippen LogP contribution is -2.21. The maximum atomic E-state index is 11.1. The van der Waals surface area contributed by atoms with E-state index in [1.807, 2.05) is 0 Å². The van der Waals surface area contributed by atoms with Crippen molar-refractivity contribution in [1.29, 1.82) is 0 Å². The molecule has 1 aromatic carbocycles. The minimum atomic E-state index is -0.366. The van der Waals surface area contributed by atoms with Gasteiger partial charge in [0, 0.05) is 30.8 Å². The van der Waals surface area contributed by atoms with Gasteiger partial charge in [-0.25, -0.2) is 0 Å². The molecule has 1 heterocycles. The average molecular weight is 254 g/mol. The van der Waals surface area contributed by atoms with Crippen LogP contribution in [0.1, 0.15) is 23.6 Å². The maximum absolute atomic E-state index is 11.1.